The normalized spacial score (nSPS) is 16.9. The second-order valence-electron chi connectivity index (χ2n) is 5.39. The smallest absolute Gasteiger partial charge is 0.244 e. The van der Waals surface area contributed by atoms with Crippen LogP contribution in [-0.2, 0) is 10.0 Å². The van der Waals surface area contributed by atoms with Crippen LogP contribution in [-0.4, -0.2) is 26.5 Å². The van der Waals surface area contributed by atoms with Crippen molar-refractivity contribution < 1.29 is 8.42 Å². The average molecular weight is 376 g/mol. The maximum absolute atomic E-state index is 12.5. The van der Waals surface area contributed by atoms with E-state index in [0.717, 1.165) is 12.8 Å². The van der Waals surface area contributed by atoms with E-state index in [0.29, 0.717) is 29.3 Å². The van der Waals surface area contributed by atoms with Crippen molar-refractivity contribution in [2.75, 3.05) is 18.4 Å². The molecule has 0 radical (unpaired) electrons. The van der Waals surface area contributed by atoms with Crippen LogP contribution < -0.4 is 10.0 Å². The molecule has 1 aliphatic rings. The van der Waals surface area contributed by atoms with Crippen LogP contribution in [0.5, 0.6) is 0 Å². The summed E-state index contributed by atoms with van der Waals surface area (Å²) in [6.45, 7) is 3.05. The molecular formula is C14H22BrN3O2S. The van der Waals surface area contributed by atoms with E-state index < -0.39 is 10.0 Å². The van der Waals surface area contributed by atoms with Gasteiger partial charge in [-0.1, -0.05) is 19.3 Å². The zero-order valence-corrected chi connectivity index (χ0v) is 14.6. The number of nitrogens with one attached hydrogen (secondary N) is 2. The molecule has 1 fully saturated rings. The number of hydrogen-bond donors (Lipinski definition) is 2. The predicted octanol–water partition coefficient (Wildman–Crippen LogP) is 3.13. The lowest BCUT2D eigenvalue weighted by molar-refractivity contribution is 0.357. The van der Waals surface area contributed by atoms with Gasteiger partial charge in [-0.05, 0) is 47.7 Å². The van der Waals surface area contributed by atoms with Crippen LogP contribution in [0.25, 0.3) is 0 Å². The third kappa shape index (κ3) is 4.66. The van der Waals surface area contributed by atoms with Crippen LogP contribution in [0.15, 0.2) is 21.6 Å². The highest BCUT2D eigenvalue weighted by Gasteiger charge is 2.22. The molecule has 0 saturated heterocycles. The Morgan fingerprint density at radius 2 is 2.05 bits per heavy atom. The van der Waals surface area contributed by atoms with Gasteiger partial charge < -0.3 is 5.32 Å². The molecular weight excluding hydrogens is 354 g/mol. The van der Waals surface area contributed by atoms with Gasteiger partial charge in [0.1, 0.15) is 10.7 Å². The van der Waals surface area contributed by atoms with Crippen LogP contribution in [0, 0.1) is 5.92 Å². The molecule has 118 valence electrons. The van der Waals surface area contributed by atoms with E-state index in [9.17, 15) is 8.42 Å². The molecule has 2 rings (SSSR count). The Morgan fingerprint density at radius 1 is 1.33 bits per heavy atom. The van der Waals surface area contributed by atoms with Gasteiger partial charge in [0.05, 0.1) is 0 Å². The van der Waals surface area contributed by atoms with Gasteiger partial charge in [0.2, 0.25) is 10.0 Å². The summed E-state index contributed by atoms with van der Waals surface area (Å²) < 4.78 is 28.4. The van der Waals surface area contributed by atoms with Crippen molar-refractivity contribution in [3.63, 3.8) is 0 Å². The van der Waals surface area contributed by atoms with Gasteiger partial charge in [-0.3, -0.25) is 0 Å². The first kappa shape index (κ1) is 16.7. The molecule has 1 aliphatic carbocycles. The molecule has 21 heavy (non-hydrogen) atoms. The summed E-state index contributed by atoms with van der Waals surface area (Å²) in [5, 5.41) is 3.00. The number of hydrogen-bond acceptors (Lipinski definition) is 4. The van der Waals surface area contributed by atoms with Gasteiger partial charge in [-0.2, -0.15) is 0 Å². The molecule has 0 spiro atoms. The standard InChI is InChI=1S/C14H22BrN3O2S/c1-2-16-14-13(8-12(15)10-17-14)21(19,20)18-9-11-6-4-3-5-7-11/h8,10-11,18H,2-7,9H2,1H3,(H,16,17). The highest BCUT2D eigenvalue weighted by Crippen LogP contribution is 2.25. The van der Waals surface area contributed by atoms with E-state index in [-0.39, 0.29) is 4.90 Å². The van der Waals surface area contributed by atoms with Crippen molar-refractivity contribution >= 4 is 31.8 Å². The zero-order valence-electron chi connectivity index (χ0n) is 12.2. The van der Waals surface area contributed by atoms with E-state index in [2.05, 4.69) is 31.0 Å². The van der Waals surface area contributed by atoms with Gasteiger partial charge in [0.15, 0.2) is 0 Å². The number of pyridine rings is 1. The van der Waals surface area contributed by atoms with Crippen molar-refractivity contribution in [3.05, 3.63) is 16.7 Å². The Balaban J connectivity index is 2.12. The molecule has 1 aromatic heterocycles. The quantitative estimate of drug-likeness (QED) is 0.800. The number of aromatic nitrogens is 1. The first-order valence-electron chi connectivity index (χ1n) is 7.42. The zero-order chi connectivity index (χ0) is 15.3. The summed E-state index contributed by atoms with van der Waals surface area (Å²) in [5.41, 5.74) is 0. The van der Waals surface area contributed by atoms with Crippen LogP contribution in [0.1, 0.15) is 39.0 Å². The molecule has 0 unspecified atom stereocenters. The Labute approximate surface area is 135 Å². The highest BCUT2D eigenvalue weighted by atomic mass is 79.9. The van der Waals surface area contributed by atoms with Crippen LogP contribution in [0.2, 0.25) is 0 Å². The monoisotopic (exact) mass is 375 g/mol. The lowest BCUT2D eigenvalue weighted by Crippen LogP contribution is -2.31. The minimum absolute atomic E-state index is 0.203. The van der Waals surface area contributed by atoms with Crippen molar-refractivity contribution in [1.82, 2.24) is 9.71 Å². The molecule has 0 atom stereocenters. The van der Waals surface area contributed by atoms with Crippen LogP contribution >= 0.6 is 15.9 Å². The fraction of sp³-hybridized carbons (Fsp3) is 0.643. The predicted molar refractivity (Wildman–Crippen MR) is 87.9 cm³/mol. The van der Waals surface area contributed by atoms with Gasteiger partial charge in [0, 0.05) is 23.8 Å². The summed E-state index contributed by atoms with van der Waals surface area (Å²) in [6.07, 6.45) is 7.49. The minimum atomic E-state index is -3.54. The van der Waals surface area contributed by atoms with Gasteiger partial charge in [-0.15, -0.1) is 0 Å². The number of sulfonamides is 1. The summed E-state index contributed by atoms with van der Waals surface area (Å²) in [4.78, 5) is 4.36. The number of nitrogens with zero attached hydrogens (tertiary/aromatic N) is 1. The average Bonchev–Trinajstić information content (AvgIpc) is 2.48. The lowest BCUT2D eigenvalue weighted by Gasteiger charge is -2.22. The summed E-state index contributed by atoms with van der Waals surface area (Å²) in [5.74, 6) is 0.855. The molecule has 0 bridgehead atoms. The number of rotatable bonds is 6. The van der Waals surface area contributed by atoms with E-state index in [4.69, 9.17) is 0 Å². The molecule has 1 aromatic rings. The summed E-state index contributed by atoms with van der Waals surface area (Å²) >= 11 is 3.29. The molecule has 0 aromatic carbocycles. The maximum Gasteiger partial charge on any atom is 0.244 e. The summed E-state index contributed by atoms with van der Waals surface area (Å²) in [7, 11) is -3.54. The van der Waals surface area contributed by atoms with Crippen LogP contribution in [0.3, 0.4) is 0 Å². The first-order valence-corrected chi connectivity index (χ1v) is 9.69. The third-order valence-electron chi connectivity index (χ3n) is 3.74. The fourth-order valence-electron chi connectivity index (χ4n) is 2.62. The Hall–Kier alpha value is -0.660. The number of halogens is 1. The molecule has 1 heterocycles. The lowest BCUT2D eigenvalue weighted by atomic mass is 9.90. The third-order valence-corrected chi connectivity index (χ3v) is 5.61. The topological polar surface area (TPSA) is 71.1 Å². The van der Waals surface area contributed by atoms with Crippen molar-refractivity contribution in [3.8, 4) is 0 Å². The molecule has 1 saturated carbocycles. The van der Waals surface area contributed by atoms with Crippen LogP contribution in [0.4, 0.5) is 5.82 Å². The maximum atomic E-state index is 12.5. The fourth-order valence-corrected chi connectivity index (χ4v) is 4.38. The van der Waals surface area contributed by atoms with Crippen molar-refractivity contribution in [1.29, 1.82) is 0 Å². The van der Waals surface area contributed by atoms with Crippen molar-refractivity contribution in [2.24, 2.45) is 5.92 Å². The van der Waals surface area contributed by atoms with E-state index >= 15 is 0 Å². The number of anilines is 1. The van der Waals surface area contributed by atoms with E-state index in [1.807, 2.05) is 6.92 Å². The van der Waals surface area contributed by atoms with E-state index in [1.54, 1.807) is 12.3 Å². The Morgan fingerprint density at radius 3 is 2.71 bits per heavy atom. The highest BCUT2D eigenvalue weighted by molar-refractivity contribution is 9.10. The first-order chi connectivity index (χ1) is 10.0. The molecule has 7 heteroatoms. The second-order valence-corrected chi connectivity index (χ2v) is 8.04. The van der Waals surface area contributed by atoms with Gasteiger partial charge in [-0.25, -0.2) is 18.1 Å². The van der Waals surface area contributed by atoms with Gasteiger partial charge in [0.25, 0.3) is 0 Å². The Kier molecular flexibility index (Phi) is 6.01. The molecule has 0 amide bonds. The molecule has 0 aliphatic heterocycles. The SMILES string of the molecule is CCNc1ncc(Br)cc1S(=O)(=O)NCC1CCCCC1. The second kappa shape index (κ2) is 7.56. The minimum Gasteiger partial charge on any atom is -0.369 e. The van der Waals surface area contributed by atoms with Gasteiger partial charge >= 0.3 is 0 Å². The van der Waals surface area contributed by atoms with E-state index in [1.165, 1.54) is 19.3 Å². The molecule has 5 nitrogen and oxygen atoms in total. The van der Waals surface area contributed by atoms with Crippen molar-refractivity contribution in [2.45, 2.75) is 43.9 Å². The Bertz CT molecular complexity index is 572. The summed E-state index contributed by atoms with van der Waals surface area (Å²) in [6, 6.07) is 1.59. The largest absolute Gasteiger partial charge is 0.369 e. The molecule has 2 N–H and O–H groups in total.